The molecule has 1 aromatic rings. The molecule has 0 saturated carbocycles. The first kappa shape index (κ1) is 18.1. The normalized spacial score (nSPS) is 24.2. The van der Waals surface area contributed by atoms with Crippen LogP contribution in [0.15, 0.2) is 5.51 Å². The molecule has 0 amide bonds. The van der Waals surface area contributed by atoms with E-state index in [0.717, 1.165) is 6.42 Å². The summed E-state index contributed by atoms with van der Waals surface area (Å²) < 4.78 is 0. The molecule has 2 unspecified atom stereocenters. The monoisotopic (exact) mass is 311 g/mol. The highest BCUT2D eigenvalue weighted by Crippen LogP contribution is 2.14. The third-order valence-corrected chi connectivity index (χ3v) is 4.13. The summed E-state index contributed by atoms with van der Waals surface area (Å²) in [5.41, 5.74) is 3.16. The predicted octanol–water partition coefficient (Wildman–Crippen LogP) is 2.52. The Labute approximate surface area is 126 Å². The number of hydrogen-bond donors (Lipinski definition) is 1. The average Bonchev–Trinajstić information content (AvgIpc) is 2.59. The van der Waals surface area contributed by atoms with Crippen LogP contribution in [0.25, 0.3) is 0 Å². The quantitative estimate of drug-likeness (QED) is 0.929. The summed E-state index contributed by atoms with van der Waals surface area (Å²) in [6.07, 6.45) is 1.15. The molecule has 2 heterocycles. The maximum absolute atomic E-state index is 4.30. The Hall–Kier alpha value is 0.130. The SMILES string of the molecule is Cc1ncsc1CCN1CC(C)NC(C)C1.Cl.Cl. The molecule has 0 bridgehead atoms. The molecule has 1 N–H and O–H groups in total. The van der Waals surface area contributed by atoms with E-state index in [9.17, 15) is 0 Å². The second-order valence-corrected chi connectivity index (χ2v) is 5.78. The molecule has 0 radical (unpaired) electrons. The van der Waals surface area contributed by atoms with Gasteiger partial charge in [0, 0.05) is 36.6 Å². The van der Waals surface area contributed by atoms with E-state index in [2.05, 4.69) is 36.0 Å². The zero-order valence-corrected chi connectivity index (χ0v) is 13.6. The third kappa shape index (κ3) is 5.02. The summed E-state index contributed by atoms with van der Waals surface area (Å²) in [7, 11) is 0. The summed E-state index contributed by atoms with van der Waals surface area (Å²) in [5.74, 6) is 0. The Morgan fingerprint density at radius 1 is 1.33 bits per heavy atom. The van der Waals surface area contributed by atoms with Gasteiger partial charge in [0.2, 0.25) is 0 Å². The van der Waals surface area contributed by atoms with E-state index >= 15 is 0 Å². The van der Waals surface area contributed by atoms with Crippen molar-refractivity contribution in [3.8, 4) is 0 Å². The van der Waals surface area contributed by atoms with Gasteiger partial charge in [-0.25, -0.2) is 4.98 Å². The van der Waals surface area contributed by atoms with Crippen molar-refractivity contribution < 1.29 is 0 Å². The van der Waals surface area contributed by atoms with Crippen molar-refractivity contribution in [2.75, 3.05) is 19.6 Å². The van der Waals surface area contributed by atoms with Gasteiger partial charge in [-0.2, -0.15) is 0 Å². The fraction of sp³-hybridized carbons (Fsp3) is 0.750. The molecule has 18 heavy (non-hydrogen) atoms. The lowest BCUT2D eigenvalue weighted by molar-refractivity contribution is 0.175. The van der Waals surface area contributed by atoms with Crippen molar-refractivity contribution in [1.29, 1.82) is 0 Å². The molecule has 1 saturated heterocycles. The molecular weight excluding hydrogens is 289 g/mol. The van der Waals surface area contributed by atoms with Gasteiger partial charge in [0.1, 0.15) is 0 Å². The predicted molar refractivity (Wildman–Crippen MR) is 83.6 cm³/mol. The molecule has 3 nitrogen and oxygen atoms in total. The van der Waals surface area contributed by atoms with E-state index in [-0.39, 0.29) is 24.8 Å². The molecule has 1 aliphatic rings. The first-order chi connectivity index (χ1) is 7.65. The molecule has 106 valence electrons. The largest absolute Gasteiger partial charge is 0.309 e. The van der Waals surface area contributed by atoms with Gasteiger partial charge in [0.15, 0.2) is 0 Å². The van der Waals surface area contributed by atoms with Gasteiger partial charge in [0.05, 0.1) is 11.2 Å². The molecule has 0 aliphatic carbocycles. The summed E-state index contributed by atoms with van der Waals surface area (Å²) in [6.45, 7) is 10.1. The molecule has 1 aromatic heterocycles. The number of piperazine rings is 1. The van der Waals surface area contributed by atoms with Crippen LogP contribution in [0, 0.1) is 6.92 Å². The zero-order valence-electron chi connectivity index (χ0n) is 11.2. The Bertz CT molecular complexity index is 336. The van der Waals surface area contributed by atoms with Gasteiger partial charge in [-0.05, 0) is 27.2 Å². The van der Waals surface area contributed by atoms with Crippen molar-refractivity contribution in [2.45, 2.75) is 39.3 Å². The van der Waals surface area contributed by atoms with Crippen molar-refractivity contribution in [2.24, 2.45) is 0 Å². The molecule has 2 rings (SSSR count). The number of hydrogen-bond acceptors (Lipinski definition) is 4. The highest BCUT2D eigenvalue weighted by atomic mass is 35.5. The fourth-order valence-corrected chi connectivity index (χ4v) is 3.22. The highest BCUT2D eigenvalue weighted by Gasteiger charge is 2.20. The van der Waals surface area contributed by atoms with Gasteiger partial charge in [-0.1, -0.05) is 0 Å². The van der Waals surface area contributed by atoms with Crippen LogP contribution in [0.3, 0.4) is 0 Å². The number of nitrogens with zero attached hydrogens (tertiary/aromatic N) is 2. The average molecular weight is 312 g/mol. The molecular formula is C12H23Cl2N3S. The van der Waals surface area contributed by atoms with E-state index in [1.807, 2.05) is 5.51 Å². The second-order valence-electron chi connectivity index (χ2n) is 4.84. The van der Waals surface area contributed by atoms with Crippen LogP contribution < -0.4 is 5.32 Å². The van der Waals surface area contributed by atoms with E-state index in [0.29, 0.717) is 12.1 Å². The van der Waals surface area contributed by atoms with E-state index in [1.54, 1.807) is 11.3 Å². The Kier molecular flexibility index (Phi) is 8.39. The van der Waals surface area contributed by atoms with Crippen LogP contribution >= 0.6 is 36.2 Å². The van der Waals surface area contributed by atoms with Gasteiger partial charge in [-0.15, -0.1) is 36.2 Å². The lowest BCUT2D eigenvalue weighted by Crippen LogP contribution is -2.54. The number of thiazole rings is 1. The number of aryl methyl sites for hydroxylation is 1. The van der Waals surface area contributed by atoms with Crippen LogP contribution in [-0.4, -0.2) is 41.6 Å². The van der Waals surface area contributed by atoms with Gasteiger partial charge in [-0.3, -0.25) is 4.90 Å². The molecule has 6 heteroatoms. The molecule has 0 spiro atoms. The molecule has 0 aromatic carbocycles. The number of nitrogens with one attached hydrogen (secondary N) is 1. The topological polar surface area (TPSA) is 28.2 Å². The Morgan fingerprint density at radius 3 is 2.44 bits per heavy atom. The Morgan fingerprint density at radius 2 is 1.94 bits per heavy atom. The minimum absolute atomic E-state index is 0. The second kappa shape index (κ2) is 8.33. The third-order valence-electron chi connectivity index (χ3n) is 3.13. The summed E-state index contributed by atoms with van der Waals surface area (Å²) in [4.78, 5) is 8.30. The van der Waals surface area contributed by atoms with Crippen molar-refractivity contribution in [1.82, 2.24) is 15.2 Å². The van der Waals surface area contributed by atoms with E-state index in [4.69, 9.17) is 0 Å². The number of aromatic nitrogens is 1. The van der Waals surface area contributed by atoms with Crippen LogP contribution in [-0.2, 0) is 6.42 Å². The minimum atomic E-state index is 0. The van der Waals surface area contributed by atoms with Crippen LogP contribution in [0.2, 0.25) is 0 Å². The lowest BCUT2D eigenvalue weighted by atomic mass is 10.1. The van der Waals surface area contributed by atoms with Crippen LogP contribution in [0.5, 0.6) is 0 Å². The maximum Gasteiger partial charge on any atom is 0.0797 e. The number of halogens is 2. The smallest absolute Gasteiger partial charge is 0.0797 e. The van der Waals surface area contributed by atoms with E-state index in [1.165, 1.54) is 30.2 Å². The Balaban J connectivity index is 0.00000144. The van der Waals surface area contributed by atoms with Crippen LogP contribution in [0.1, 0.15) is 24.4 Å². The minimum Gasteiger partial charge on any atom is -0.309 e. The molecule has 2 atom stereocenters. The van der Waals surface area contributed by atoms with Crippen molar-refractivity contribution >= 4 is 36.2 Å². The van der Waals surface area contributed by atoms with E-state index < -0.39 is 0 Å². The first-order valence-electron chi connectivity index (χ1n) is 6.02. The lowest BCUT2D eigenvalue weighted by Gasteiger charge is -2.36. The summed E-state index contributed by atoms with van der Waals surface area (Å²) >= 11 is 1.79. The summed E-state index contributed by atoms with van der Waals surface area (Å²) in [5, 5.41) is 3.56. The zero-order chi connectivity index (χ0) is 11.5. The van der Waals surface area contributed by atoms with Gasteiger partial charge >= 0.3 is 0 Å². The van der Waals surface area contributed by atoms with Gasteiger partial charge < -0.3 is 5.32 Å². The number of rotatable bonds is 3. The van der Waals surface area contributed by atoms with Crippen molar-refractivity contribution in [3.63, 3.8) is 0 Å². The first-order valence-corrected chi connectivity index (χ1v) is 6.90. The highest BCUT2D eigenvalue weighted by molar-refractivity contribution is 7.09. The fourth-order valence-electron chi connectivity index (χ4n) is 2.45. The maximum atomic E-state index is 4.30. The standard InChI is InChI=1S/C12H21N3S.2ClH/c1-9-6-15(7-10(2)14-9)5-4-12-11(3)13-8-16-12;;/h8-10,14H,4-7H2,1-3H3;2*1H. The molecule has 1 aliphatic heterocycles. The van der Waals surface area contributed by atoms with Crippen LogP contribution in [0.4, 0.5) is 0 Å². The van der Waals surface area contributed by atoms with Gasteiger partial charge in [0.25, 0.3) is 0 Å². The molecule has 1 fully saturated rings. The summed E-state index contributed by atoms with van der Waals surface area (Å²) in [6, 6.07) is 1.23. The van der Waals surface area contributed by atoms with Crippen molar-refractivity contribution in [3.05, 3.63) is 16.1 Å².